The van der Waals surface area contributed by atoms with Crippen molar-refractivity contribution in [3.8, 4) is 0 Å². The molecule has 0 heterocycles. The largest absolute Gasteiger partial charge is 0.393 e. The van der Waals surface area contributed by atoms with Gasteiger partial charge in [-0.2, -0.15) is 0 Å². The molecule has 1 unspecified atom stereocenters. The number of aliphatic hydroxyl groups is 1. The summed E-state index contributed by atoms with van der Waals surface area (Å²) in [5.41, 5.74) is 0. The van der Waals surface area contributed by atoms with Gasteiger partial charge in [0.25, 0.3) is 0 Å². The Morgan fingerprint density at radius 3 is 1.82 bits per heavy atom. The minimum atomic E-state index is -0.0267. The second-order valence-electron chi connectivity index (χ2n) is 5.18. The van der Waals surface area contributed by atoms with Crippen LogP contribution in [0.15, 0.2) is 0 Å². The third-order valence-electron chi connectivity index (χ3n) is 2.97. The standard InChI is InChI=1S/C14H31OP.ClH/c1-4-5-6-7-8-9-10-11-12-14(15)13-16(2)3;/h14-15H,4-13H2,1-3H3;1H. The summed E-state index contributed by atoms with van der Waals surface area (Å²) in [6.07, 6.45) is 12.9. The van der Waals surface area contributed by atoms with Crippen molar-refractivity contribution in [2.45, 2.75) is 70.8 Å². The van der Waals surface area contributed by atoms with E-state index in [1.165, 1.54) is 51.4 Å². The lowest BCUT2D eigenvalue weighted by Crippen LogP contribution is -2.10. The quantitative estimate of drug-likeness (QED) is 0.416. The van der Waals surface area contributed by atoms with Crippen molar-refractivity contribution in [2.75, 3.05) is 19.5 Å². The number of aliphatic hydroxyl groups excluding tert-OH is 1. The maximum atomic E-state index is 9.71. The Labute approximate surface area is 116 Å². The third kappa shape index (κ3) is 16.7. The minimum Gasteiger partial charge on any atom is -0.393 e. The van der Waals surface area contributed by atoms with E-state index in [-0.39, 0.29) is 26.4 Å². The van der Waals surface area contributed by atoms with Crippen molar-refractivity contribution in [2.24, 2.45) is 0 Å². The fourth-order valence-corrected chi connectivity index (χ4v) is 3.05. The zero-order valence-corrected chi connectivity index (χ0v) is 13.7. The van der Waals surface area contributed by atoms with Crippen molar-refractivity contribution in [1.29, 1.82) is 0 Å². The molecule has 0 amide bonds. The molecule has 0 aliphatic carbocycles. The van der Waals surface area contributed by atoms with E-state index in [0.29, 0.717) is 0 Å². The summed E-state index contributed by atoms with van der Waals surface area (Å²) in [7, 11) is 0.0756. The van der Waals surface area contributed by atoms with Gasteiger partial charge in [0, 0.05) is 0 Å². The summed E-state index contributed by atoms with van der Waals surface area (Å²) in [6, 6.07) is 0. The van der Waals surface area contributed by atoms with Crippen LogP contribution in [0.25, 0.3) is 0 Å². The molecule has 0 spiro atoms. The molecule has 1 nitrogen and oxygen atoms in total. The van der Waals surface area contributed by atoms with Gasteiger partial charge in [0.2, 0.25) is 0 Å². The SMILES string of the molecule is CCCCCCCCCCC(O)CP(C)C.Cl. The lowest BCUT2D eigenvalue weighted by atomic mass is 10.1. The Bertz CT molecular complexity index is 142. The van der Waals surface area contributed by atoms with Crippen molar-refractivity contribution >= 4 is 20.3 Å². The van der Waals surface area contributed by atoms with Crippen LogP contribution in [-0.4, -0.2) is 30.7 Å². The fourth-order valence-electron chi connectivity index (χ4n) is 2.03. The summed E-state index contributed by atoms with van der Waals surface area (Å²) < 4.78 is 0. The van der Waals surface area contributed by atoms with E-state index < -0.39 is 0 Å². The fraction of sp³-hybridized carbons (Fsp3) is 1.00. The van der Waals surface area contributed by atoms with E-state index >= 15 is 0 Å². The van der Waals surface area contributed by atoms with E-state index in [1.807, 2.05) is 0 Å². The van der Waals surface area contributed by atoms with Gasteiger partial charge in [0.1, 0.15) is 0 Å². The Balaban J connectivity index is 0. The molecule has 0 aliphatic heterocycles. The van der Waals surface area contributed by atoms with Crippen LogP contribution in [0.2, 0.25) is 0 Å². The summed E-state index contributed by atoms with van der Waals surface area (Å²) in [5.74, 6) is 0. The van der Waals surface area contributed by atoms with Crippen molar-refractivity contribution < 1.29 is 5.11 Å². The highest BCUT2D eigenvalue weighted by atomic mass is 35.5. The summed E-state index contributed by atoms with van der Waals surface area (Å²) in [6.45, 7) is 6.75. The van der Waals surface area contributed by atoms with Crippen LogP contribution >= 0.6 is 20.3 Å². The third-order valence-corrected chi connectivity index (χ3v) is 4.12. The van der Waals surface area contributed by atoms with Crippen LogP contribution in [0.5, 0.6) is 0 Å². The number of hydrogen-bond acceptors (Lipinski definition) is 1. The number of unbranched alkanes of at least 4 members (excludes halogenated alkanes) is 7. The second-order valence-corrected chi connectivity index (χ2v) is 7.70. The number of hydrogen-bond donors (Lipinski definition) is 1. The van der Waals surface area contributed by atoms with E-state index in [1.54, 1.807) is 0 Å². The van der Waals surface area contributed by atoms with E-state index in [0.717, 1.165) is 12.6 Å². The maximum absolute atomic E-state index is 9.71. The first-order chi connectivity index (χ1) is 7.66. The van der Waals surface area contributed by atoms with E-state index in [4.69, 9.17) is 0 Å². The smallest absolute Gasteiger partial charge is 0.0579 e. The normalized spacial score (nSPS) is 12.5. The molecule has 0 saturated heterocycles. The average molecular weight is 283 g/mol. The molecule has 1 N–H and O–H groups in total. The van der Waals surface area contributed by atoms with Gasteiger partial charge in [0.15, 0.2) is 0 Å². The zero-order valence-electron chi connectivity index (χ0n) is 12.0. The van der Waals surface area contributed by atoms with Crippen molar-refractivity contribution in [1.82, 2.24) is 0 Å². The second kappa shape index (κ2) is 14.7. The van der Waals surface area contributed by atoms with Gasteiger partial charge >= 0.3 is 0 Å². The number of rotatable bonds is 11. The van der Waals surface area contributed by atoms with Gasteiger partial charge in [-0.15, -0.1) is 20.3 Å². The first-order valence-corrected chi connectivity index (χ1v) is 9.41. The van der Waals surface area contributed by atoms with Crippen LogP contribution in [0, 0.1) is 0 Å². The monoisotopic (exact) mass is 282 g/mol. The molecular formula is C14H32ClOP. The molecule has 0 fully saturated rings. The van der Waals surface area contributed by atoms with Crippen LogP contribution in [0.3, 0.4) is 0 Å². The highest BCUT2D eigenvalue weighted by Crippen LogP contribution is 2.26. The van der Waals surface area contributed by atoms with Gasteiger partial charge < -0.3 is 5.11 Å². The van der Waals surface area contributed by atoms with Gasteiger partial charge in [-0.05, 0) is 25.9 Å². The highest BCUT2D eigenvalue weighted by Gasteiger charge is 2.05. The zero-order chi connectivity index (χ0) is 12.2. The molecule has 0 aromatic heterocycles. The molecule has 0 saturated carbocycles. The molecule has 0 bridgehead atoms. The minimum absolute atomic E-state index is 0. The summed E-state index contributed by atoms with van der Waals surface area (Å²) in [5, 5.41) is 9.71. The number of halogens is 1. The van der Waals surface area contributed by atoms with E-state index in [2.05, 4.69) is 20.3 Å². The van der Waals surface area contributed by atoms with Gasteiger partial charge in [-0.3, -0.25) is 0 Å². The lowest BCUT2D eigenvalue weighted by Gasteiger charge is -2.12. The molecule has 0 aromatic carbocycles. The van der Waals surface area contributed by atoms with Crippen LogP contribution in [0.1, 0.15) is 64.7 Å². The molecular weight excluding hydrogens is 251 g/mol. The highest BCUT2D eigenvalue weighted by molar-refractivity contribution is 7.56. The van der Waals surface area contributed by atoms with E-state index in [9.17, 15) is 5.11 Å². The lowest BCUT2D eigenvalue weighted by molar-refractivity contribution is 0.184. The van der Waals surface area contributed by atoms with Crippen LogP contribution in [-0.2, 0) is 0 Å². The Kier molecular flexibility index (Phi) is 17.3. The van der Waals surface area contributed by atoms with Gasteiger partial charge in [0.05, 0.1) is 6.10 Å². The maximum Gasteiger partial charge on any atom is 0.0579 e. The first kappa shape index (κ1) is 20.0. The molecule has 0 aromatic rings. The Morgan fingerprint density at radius 2 is 1.35 bits per heavy atom. The molecule has 0 aliphatic rings. The molecule has 1 atom stereocenters. The van der Waals surface area contributed by atoms with Crippen LogP contribution in [0.4, 0.5) is 0 Å². The van der Waals surface area contributed by atoms with Crippen molar-refractivity contribution in [3.63, 3.8) is 0 Å². The predicted octanol–water partition coefficient (Wildman–Crippen LogP) is 5.04. The molecule has 17 heavy (non-hydrogen) atoms. The topological polar surface area (TPSA) is 20.2 Å². The van der Waals surface area contributed by atoms with Gasteiger partial charge in [-0.25, -0.2) is 0 Å². The van der Waals surface area contributed by atoms with Gasteiger partial charge in [-0.1, -0.05) is 58.3 Å². The van der Waals surface area contributed by atoms with Crippen LogP contribution < -0.4 is 0 Å². The average Bonchev–Trinajstić information content (AvgIpc) is 2.21. The summed E-state index contributed by atoms with van der Waals surface area (Å²) >= 11 is 0. The molecule has 3 heteroatoms. The molecule has 0 rings (SSSR count). The predicted molar refractivity (Wildman–Crippen MR) is 84.1 cm³/mol. The Hall–Kier alpha value is 0.680. The first-order valence-electron chi connectivity index (χ1n) is 6.99. The molecule has 0 radical (unpaired) electrons. The van der Waals surface area contributed by atoms with Crippen molar-refractivity contribution in [3.05, 3.63) is 0 Å². The summed E-state index contributed by atoms with van der Waals surface area (Å²) in [4.78, 5) is 0. The molecule has 106 valence electrons. The Morgan fingerprint density at radius 1 is 0.882 bits per heavy atom.